The molecule has 0 amide bonds. The Hall–Kier alpha value is -3.07. The smallest absolute Gasteiger partial charge is 0.338 e. The zero-order chi connectivity index (χ0) is 24.5. The van der Waals surface area contributed by atoms with Gasteiger partial charge in [0.15, 0.2) is 0 Å². The molecule has 8 heteroatoms. The van der Waals surface area contributed by atoms with Gasteiger partial charge in [0.1, 0.15) is 5.01 Å². The third kappa shape index (κ3) is 4.89. The summed E-state index contributed by atoms with van der Waals surface area (Å²) in [7, 11) is -2.52. The van der Waals surface area contributed by atoms with Gasteiger partial charge in [0.2, 0.25) is 10.0 Å². The van der Waals surface area contributed by atoms with Crippen LogP contribution in [-0.4, -0.2) is 33.0 Å². The third-order valence-electron chi connectivity index (χ3n) is 5.90. The Morgan fingerprint density at radius 3 is 2.50 bits per heavy atom. The number of aromatic nitrogens is 1. The lowest BCUT2D eigenvalue weighted by Crippen LogP contribution is -2.26. The van der Waals surface area contributed by atoms with E-state index < -0.39 is 16.0 Å². The van der Waals surface area contributed by atoms with Crippen molar-refractivity contribution in [3.05, 3.63) is 81.9 Å². The zero-order valence-electron chi connectivity index (χ0n) is 19.5. The summed E-state index contributed by atoms with van der Waals surface area (Å²) >= 11 is 1.60. The molecule has 0 radical (unpaired) electrons. The molecule has 0 saturated heterocycles. The van der Waals surface area contributed by atoms with Gasteiger partial charge in [0, 0.05) is 23.4 Å². The van der Waals surface area contributed by atoms with Crippen molar-refractivity contribution in [3.63, 3.8) is 0 Å². The van der Waals surface area contributed by atoms with Crippen LogP contribution in [0.1, 0.15) is 32.1 Å². The van der Waals surface area contributed by atoms with Gasteiger partial charge in [-0.15, -0.1) is 11.3 Å². The molecule has 4 aromatic rings. The Morgan fingerprint density at radius 2 is 1.76 bits per heavy atom. The quantitative estimate of drug-likeness (QED) is 0.357. The van der Waals surface area contributed by atoms with Crippen molar-refractivity contribution in [1.82, 2.24) is 9.71 Å². The molecule has 0 aliphatic rings. The highest BCUT2D eigenvalue weighted by molar-refractivity contribution is 7.89. The molecule has 1 N–H and O–H groups in total. The molecule has 176 valence electrons. The number of hydrogen-bond acceptors (Lipinski definition) is 6. The molecule has 0 aliphatic carbocycles. The monoisotopic (exact) mass is 494 g/mol. The molecule has 34 heavy (non-hydrogen) atoms. The number of nitrogens with zero attached hydrogens (tertiary/aromatic N) is 1. The minimum Gasteiger partial charge on any atom is -0.465 e. The van der Waals surface area contributed by atoms with E-state index >= 15 is 0 Å². The maximum Gasteiger partial charge on any atom is 0.338 e. The van der Waals surface area contributed by atoms with Gasteiger partial charge in [-0.3, -0.25) is 0 Å². The van der Waals surface area contributed by atoms with E-state index in [1.54, 1.807) is 31.3 Å². The number of carbonyl (C=O) groups excluding carboxylic acids is 1. The van der Waals surface area contributed by atoms with Gasteiger partial charge in [0.05, 0.1) is 23.3 Å². The molecule has 0 aliphatic heterocycles. The molecular weight excluding hydrogens is 468 g/mol. The van der Waals surface area contributed by atoms with Crippen LogP contribution in [-0.2, 0) is 21.2 Å². The van der Waals surface area contributed by atoms with Crippen molar-refractivity contribution >= 4 is 38.1 Å². The molecule has 4 rings (SSSR count). The van der Waals surface area contributed by atoms with Crippen LogP contribution in [0.3, 0.4) is 0 Å². The number of aryl methyl sites for hydroxylation is 2. The minimum absolute atomic E-state index is 0.0443. The zero-order valence-corrected chi connectivity index (χ0v) is 21.1. The van der Waals surface area contributed by atoms with E-state index in [-0.39, 0.29) is 17.0 Å². The van der Waals surface area contributed by atoms with Crippen LogP contribution in [0.25, 0.3) is 21.3 Å². The molecule has 6 nitrogen and oxygen atoms in total. The molecule has 1 heterocycles. The predicted molar refractivity (Wildman–Crippen MR) is 136 cm³/mol. The number of ether oxygens (including phenoxy) is 1. The van der Waals surface area contributed by atoms with Crippen LogP contribution < -0.4 is 4.72 Å². The van der Waals surface area contributed by atoms with Crippen molar-refractivity contribution < 1.29 is 17.9 Å². The largest absolute Gasteiger partial charge is 0.465 e. The van der Waals surface area contributed by atoms with Crippen molar-refractivity contribution in [2.45, 2.75) is 32.1 Å². The van der Waals surface area contributed by atoms with Gasteiger partial charge < -0.3 is 4.74 Å². The molecule has 0 spiro atoms. The maximum absolute atomic E-state index is 12.9. The Morgan fingerprint density at radius 1 is 1.03 bits per heavy atom. The van der Waals surface area contributed by atoms with Crippen LogP contribution in [0.2, 0.25) is 0 Å². The number of fused-ring (bicyclic) bond motifs is 1. The van der Waals surface area contributed by atoms with Crippen LogP contribution in [0.4, 0.5) is 0 Å². The van der Waals surface area contributed by atoms with E-state index in [1.807, 2.05) is 19.1 Å². The topological polar surface area (TPSA) is 85.4 Å². The van der Waals surface area contributed by atoms with Crippen molar-refractivity contribution in [2.75, 3.05) is 13.7 Å². The number of rotatable bonds is 7. The fraction of sp³-hybridized carbons (Fsp3) is 0.231. The fourth-order valence-electron chi connectivity index (χ4n) is 3.80. The fourth-order valence-corrected chi connectivity index (χ4v) is 5.89. The van der Waals surface area contributed by atoms with Gasteiger partial charge in [-0.2, -0.15) is 0 Å². The summed E-state index contributed by atoms with van der Waals surface area (Å²) in [6.45, 7) is 5.74. The number of sulfonamides is 1. The second-order valence-corrected chi connectivity index (χ2v) is 11.1. The highest BCUT2D eigenvalue weighted by Crippen LogP contribution is 2.30. The van der Waals surface area contributed by atoms with E-state index in [4.69, 9.17) is 9.72 Å². The third-order valence-corrected chi connectivity index (χ3v) is 8.40. The number of nitrogens with one attached hydrogen (secondary N) is 1. The van der Waals surface area contributed by atoms with Crippen molar-refractivity contribution in [1.29, 1.82) is 0 Å². The van der Waals surface area contributed by atoms with Gasteiger partial charge >= 0.3 is 5.97 Å². The maximum atomic E-state index is 12.9. The second-order valence-electron chi connectivity index (χ2n) is 8.14. The second kappa shape index (κ2) is 9.66. The first-order valence-corrected chi connectivity index (χ1v) is 13.1. The number of esters is 1. The van der Waals surface area contributed by atoms with Crippen LogP contribution in [0.5, 0.6) is 0 Å². The summed E-state index contributed by atoms with van der Waals surface area (Å²) in [6.07, 6.45) is 0.462. The first-order chi connectivity index (χ1) is 16.2. The molecule has 0 unspecified atom stereocenters. The Kier molecular flexibility index (Phi) is 6.84. The molecule has 0 bridgehead atoms. The average Bonchev–Trinajstić information content (AvgIpc) is 3.20. The Bertz CT molecular complexity index is 1490. The summed E-state index contributed by atoms with van der Waals surface area (Å²) in [5.41, 5.74) is 3.57. The Balaban J connectivity index is 1.50. The highest BCUT2D eigenvalue weighted by atomic mass is 32.2. The first kappa shape index (κ1) is 24.1. The number of hydrogen-bond donors (Lipinski definition) is 1. The molecule has 0 atom stereocenters. The molecule has 0 fully saturated rings. The van der Waals surface area contributed by atoms with E-state index in [1.165, 1.54) is 18.6 Å². The lowest BCUT2D eigenvalue weighted by Gasteiger charge is -2.12. The standard InChI is InChI=1S/C26H26N2O4S2/c1-16-13-22(15-23(17(16)2)26(29)32-4)34(30,31)27-12-11-24-18(3)33-25(28-24)21-10-9-19-7-5-6-8-20(19)14-21/h5-10,13-15,27H,11-12H2,1-4H3. The highest BCUT2D eigenvalue weighted by Gasteiger charge is 2.20. The molecule has 1 aromatic heterocycles. The van der Waals surface area contributed by atoms with Crippen molar-refractivity contribution in [2.24, 2.45) is 0 Å². The summed E-state index contributed by atoms with van der Waals surface area (Å²) in [5, 5.41) is 3.25. The summed E-state index contributed by atoms with van der Waals surface area (Å²) in [5.74, 6) is -0.558. The number of benzene rings is 3. The SMILES string of the molecule is COC(=O)c1cc(S(=O)(=O)NCCc2nc(-c3ccc4ccccc4c3)sc2C)cc(C)c1C. The van der Waals surface area contributed by atoms with Crippen molar-refractivity contribution in [3.8, 4) is 10.6 Å². The van der Waals surface area contributed by atoms with Gasteiger partial charge in [-0.25, -0.2) is 22.9 Å². The lowest BCUT2D eigenvalue weighted by atomic mass is 10.0. The number of thiazole rings is 1. The van der Waals surface area contributed by atoms with Crippen LogP contribution in [0.15, 0.2) is 59.5 Å². The summed E-state index contributed by atoms with van der Waals surface area (Å²) in [4.78, 5) is 17.9. The van der Waals surface area contributed by atoms with Gasteiger partial charge in [-0.05, 0) is 60.9 Å². The van der Waals surface area contributed by atoms with E-state index in [0.29, 0.717) is 17.5 Å². The number of methoxy groups -OCH3 is 1. The van der Waals surface area contributed by atoms with E-state index in [0.717, 1.165) is 26.5 Å². The van der Waals surface area contributed by atoms with E-state index in [2.05, 4.69) is 35.1 Å². The van der Waals surface area contributed by atoms with Gasteiger partial charge in [0.25, 0.3) is 0 Å². The Labute approximate surface area is 203 Å². The van der Waals surface area contributed by atoms with Crippen LogP contribution in [0, 0.1) is 20.8 Å². The van der Waals surface area contributed by atoms with Crippen LogP contribution >= 0.6 is 11.3 Å². The predicted octanol–water partition coefficient (Wildman–Crippen LogP) is 5.20. The normalized spacial score (nSPS) is 11.6. The van der Waals surface area contributed by atoms with E-state index in [9.17, 15) is 13.2 Å². The summed E-state index contributed by atoms with van der Waals surface area (Å²) in [6, 6.07) is 17.4. The molecular formula is C26H26N2O4S2. The average molecular weight is 495 g/mol. The number of carbonyl (C=O) groups is 1. The minimum atomic E-state index is -3.80. The molecule has 0 saturated carbocycles. The first-order valence-electron chi connectivity index (χ1n) is 10.8. The molecule has 3 aromatic carbocycles. The summed E-state index contributed by atoms with van der Waals surface area (Å²) < 4.78 is 33.2. The van der Waals surface area contributed by atoms with Gasteiger partial charge in [-0.1, -0.05) is 36.4 Å². The lowest BCUT2D eigenvalue weighted by molar-refractivity contribution is 0.0599.